The van der Waals surface area contributed by atoms with Crippen LogP contribution < -0.4 is 16.0 Å². The first-order valence-corrected chi connectivity index (χ1v) is 11.3. The molecule has 0 radical (unpaired) electrons. The average Bonchev–Trinajstić information content (AvgIpc) is 3.09. The van der Waals surface area contributed by atoms with Crippen LogP contribution in [0.5, 0.6) is 0 Å². The number of benzene rings is 1. The normalized spacial score (nSPS) is 19.8. The van der Waals surface area contributed by atoms with Gasteiger partial charge in [-0.05, 0) is 76.6 Å². The number of H-pyrrole nitrogens is 1. The van der Waals surface area contributed by atoms with Gasteiger partial charge in [-0.15, -0.1) is 0 Å². The molecule has 1 saturated carbocycles. The van der Waals surface area contributed by atoms with Gasteiger partial charge in [-0.25, -0.2) is 4.79 Å². The molecule has 0 unspecified atom stereocenters. The molecule has 1 aromatic heterocycles. The SMILES string of the molecule is CN=C(NCCc1c[nH]c2ccc(Cl)cc12)NC1CCC(NC(=O)OC(C)(C)C)CC1. The number of carbonyl (C=O) groups is 1. The van der Waals surface area contributed by atoms with Crippen molar-refractivity contribution in [2.75, 3.05) is 13.6 Å². The molecule has 31 heavy (non-hydrogen) atoms. The topological polar surface area (TPSA) is 90.5 Å². The number of amides is 1. The molecule has 4 N–H and O–H groups in total. The average molecular weight is 448 g/mol. The van der Waals surface area contributed by atoms with Crippen molar-refractivity contribution in [3.8, 4) is 0 Å². The Labute approximate surface area is 189 Å². The summed E-state index contributed by atoms with van der Waals surface area (Å²) in [5.41, 5.74) is 1.85. The molecule has 0 saturated heterocycles. The lowest BCUT2D eigenvalue weighted by Crippen LogP contribution is -2.48. The van der Waals surface area contributed by atoms with Gasteiger partial charge in [0.2, 0.25) is 0 Å². The molecule has 0 bridgehead atoms. The van der Waals surface area contributed by atoms with Crippen molar-refractivity contribution in [1.82, 2.24) is 20.9 Å². The van der Waals surface area contributed by atoms with E-state index in [2.05, 4.69) is 25.9 Å². The first kappa shape index (κ1) is 23.3. The second-order valence-electron chi connectivity index (χ2n) is 9.09. The van der Waals surface area contributed by atoms with Crippen LogP contribution in [-0.4, -0.2) is 48.3 Å². The van der Waals surface area contributed by atoms with Gasteiger partial charge in [0.1, 0.15) is 5.60 Å². The minimum absolute atomic E-state index is 0.163. The van der Waals surface area contributed by atoms with Crippen LogP contribution in [0.1, 0.15) is 52.0 Å². The smallest absolute Gasteiger partial charge is 0.407 e. The van der Waals surface area contributed by atoms with Gasteiger partial charge in [-0.2, -0.15) is 0 Å². The summed E-state index contributed by atoms with van der Waals surface area (Å²) in [6.45, 7) is 6.40. The van der Waals surface area contributed by atoms with E-state index in [-0.39, 0.29) is 12.1 Å². The number of hydrogen-bond acceptors (Lipinski definition) is 3. The predicted octanol–water partition coefficient (Wildman–Crippen LogP) is 4.36. The monoisotopic (exact) mass is 447 g/mol. The van der Waals surface area contributed by atoms with Crippen molar-refractivity contribution in [1.29, 1.82) is 0 Å². The number of alkyl carbamates (subject to hydrolysis) is 1. The van der Waals surface area contributed by atoms with Gasteiger partial charge in [0, 0.05) is 47.8 Å². The van der Waals surface area contributed by atoms with E-state index >= 15 is 0 Å². The zero-order valence-electron chi connectivity index (χ0n) is 18.8. The molecule has 2 aromatic rings. The quantitative estimate of drug-likeness (QED) is 0.404. The van der Waals surface area contributed by atoms with Gasteiger partial charge < -0.3 is 25.7 Å². The maximum absolute atomic E-state index is 12.0. The fourth-order valence-electron chi connectivity index (χ4n) is 3.92. The molecule has 1 aliphatic rings. The van der Waals surface area contributed by atoms with Gasteiger partial charge >= 0.3 is 6.09 Å². The van der Waals surface area contributed by atoms with Crippen LogP contribution in [0.15, 0.2) is 29.4 Å². The van der Waals surface area contributed by atoms with Crippen LogP contribution in [0.4, 0.5) is 4.79 Å². The van der Waals surface area contributed by atoms with Gasteiger partial charge in [-0.3, -0.25) is 4.99 Å². The maximum Gasteiger partial charge on any atom is 0.407 e. The molecule has 0 aliphatic heterocycles. The molecule has 1 heterocycles. The largest absolute Gasteiger partial charge is 0.444 e. The minimum Gasteiger partial charge on any atom is -0.444 e. The fraction of sp³-hybridized carbons (Fsp3) is 0.565. The Morgan fingerprint density at radius 2 is 1.87 bits per heavy atom. The number of aromatic amines is 1. The number of carbonyl (C=O) groups excluding carboxylic acids is 1. The Balaban J connectivity index is 1.40. The zero-order chi connectivity index (χ0) is 22.4. The number of fused-ring (bicyclic) bond motifs is 1. The van der Waals surface area contributed by atoms with E-state index in [0.717, 1.165) is 60.5 Å². The number of rotatable bonds is 5. The summed E-state index contributed by atoms with van der Waals surface area (Å²) in [5, 5.41) is 11.8. The summed E-state index contributed by atoms with van der Waals surface area (Å²) in [7, 11) is 1.79. The van der Waals surface area contributed by atoms with E-state index in [1.807, 2.05) is 45.2 Å². The third-order valence-corrected chi connectivity index (χ3v) is 5.66. The summed E-state index contributed by atoms with van der Waals surface area (Å²) in [5.74, 6) is 0.807. The minimum atomic E-state index is -0.472. The van der Waals surface area contributed by atoms with E-state index in [0.29, 0.717) is 6.04 Å². The molecule has 0 atom stereocenters. The standard InChI is InChI=1S/C23H34ClN5O2/c1-23(2,3)31-22(30)29-18-8-6-17(7-9-18)28-21(25-4)26-12-11-15-14-27-20-10-5-16(24)13-19(15)20/h5,10,13-14,17-18,27H,6-9,11-12H2,1-4H3,(H,29,30)(H2,25,26,28). The summed E-state index contributed by atoms with van der Waals surface area (Å²) in [4.78, 5) is 19.6. The zero-order valence-corrected chi connectivity index (χ0v) is 19.6. The second-order valence-corrected chi connectivity index (χ2v) is 9.53. The van der Waals surface area contributed by atoms with Crippen LogP contribution in [0, 0.1) is 0 Å². The van der Waals surface area contributed by atoms with Crippen LogP contribution in [-0.2, 0) is 11.2 Å². The van der Waals surface area contributed by atoms with E-state index < -0.39 is 5.60 Å². The molecular formula is C23H34ClN5O2. The lowest BCUT2D eigenvalue weighted by molar-refractivity contribution is 0.0490. The van der Waals surface area contributed by atoms with Gasteiger partial charge in [0.15, 0.2) is 5.96 Å². The number of aromatic nitrogens is 1. The Morgan fingerprint density at radius 1 is 1.19 bits per heavy atom. The Morgan fingerprint density at radius 3 is 2.52 bits per heavy atom. The first-order valence-electron chi connectivity index (χ1n) is 11.0. The highest BCUT2D eigenvalue weighted by molar-refractivity contribution is 6.31. The summed E-state index contributed by atoms with van der Waals surface area (Å²) in [6, 6.07) is 6.40. The molecule has 1 fully saturated rings. The highest BCUT2D eigenvalue weighted by Crippen LogP contribution is 2.23. The molecule has 8 heteroatoms. The summed E-state index contributed by atoms with van der Waals surface area (Å²) in [6.07, 6.45) is 6.36. The number of ether oxygens (including phenoxy) is 1. The van der Waals surface area contributed by atoms with Crippen molar-refractivity contribution in [3.63, 3.8) is 0 Å². The van der Waals surface area contributed by atoms with E-state index in [1.165, 1.54) is 5.56 Å². The molecule has 3 rings (SSSR count). The third kappa shape index (κ3) is 7.06. The van der Waals surface area contributed by atoms with E-state index in [1.54, 1.807) is 7.05 Å². The molecule has 1 aliphatic carbocycles. The molecule has 170 valence electrons. The summed E-state index contributed by atoms with van der Waals surface area (Å²) < 4.78 is 5.35. The molecule has 0 spiro atoms. The fourth-order valence-corrected chi connectivity index (χ4v) is 4.09. The van der Waals surface area contributed by atoms with Crippen molar-refractivity contribution in [3.05, 3.63) is 35.0 Å². The molecule has 1 aromatic carbocycles. The van der Waals surface area contributed by atoms with Crippen molar-refractivity contribution < 1.29 is 9.53 Å². The van der Waals surface area contributed by atoms with Crippen LogP contribution in [0.25, 0.3) is 10.9 Å². The molecule has 1 amide bonds. The first-order chi connectivity index (χ1) is 14.7. The van der Waals surface area contributed by atoms with Crippen molar-refractivity contribution >= 4 is 34.6 Å². The van der Waals surface area contributed by atoms with Crippen molar-refractivity contribution in [2.24, 2.45) is 4.99 Å². The maximum atomic E-state index is 12.0. The number of aliphatic imine (C=N–C) groups is 1. The third-order valence-electron chi connectivity index (χ3n) is 5.43. The number of nitrogens with zero attached hydrogens (tertiary/aromatic N) is 1. The lowest BCUT2D eigenvalue weighted by atomic mass is 9.91. The predicted molar refractivity (Wildman–Crippen MR) is 127 cm³/mol. The molecule has 7 nitrogen and oxygen atoms in total. The Hall–Kier alpha value is -2.41. The van der Waals surface area contributed by atoms with E-state index in [4.69, 9.17) is 16.3 Å². The van der Waals surface area contributed by atoms with Gasteiger partial charge in [0.05, 0.1) is 0 Å². The highest BCUT2D eigenvalue weighted by atomic mass is 35.5. The second kappa shape index (κ2) is 10.3. The van der Waals surface area contributed by atoms with E-state index in [9.17, 15) is 4.79 Å². The number of halogens is 1. The van der Waals surface area contributed by atoms with Crippen LogP contribution in [0.2, 0.25) is 5.02 Å². The van der Waals surface area contributed by atoms with Crippen molar-refractivity contribution in [2.45, 2.75) is 70.6 Å². The van der Waals surface area contributed by atoms with Crippen LogP contribution in [0.3, 0.4) is 0 Å². The number of nitrogens with one attached hydrogen (secondary N) is 4. The van der Waals surface area contributed by atoms with Gasteiger partial charge in [0.25, 0.3) is 0 Å². The number of hydrogen-bond donors (Lipinski definition) is 4. The summed E-state index contributed by atoms with van der Waals surface area (Å²) >= 11 is 6.14. The van der Waals surface area contributed by atoms with Gasteiger partial charge in [-0.1, -0.05) is 11.6 Å². The lowest BCUT2D eigenvalue weighted by Gasteiger charge is -2.31. The Bertz CT molecular complexity index is 910. The highest BCUT2D eigenvalue weighted by Gasteiger charge is 2.25. The van der Waals surface area contributed by atoms with Crippen LogP contribution >= 0.6 is 11.6 Å². The molecular weight excluding hydrogens is 414 g/mol. The number of guanidine groups is 1. The Kier molecular flexibility index (Phi) is 7.70.